The van der Waals surface area contributed by atoms with E-state index in [2.05, 4.69) is 17.3 Å². The zero-order chi connectivity index (χ0) is 14.7. The molecule has 0 radical (unpaired) electrons. The molecule has 2 rings (SSSR count). The monoisotopic (exact) mass is 272 g/mol. The van der Waals surface area contributed by atoms with Crippen LogP contribution in [0.4, 0.5) is 11.4 Å². The number of aromatic nitrogens is 2. The lowest BCUT2D eigenvalue weighted by molar-refractivity contribution is 0.101. The molecule has 0 spiro atoms. The summed E-state index contributed by atoms with van der Waals surface area (Å²) < 4.78 is 1.63. The van der Waals surface area contributed by atoms with Crippen LogP contribution in [-0.2, 0) is 13.0 Å². The number of aryl methyl sites for hydroxylation is 3. The molecule has 2 aromatic rings. The van der Waals surface area contributed by atoms with Crippen LogP contribution >= 0.6 is 0 Å². The number of nitrogens with one attached hydrogen (secondary N) is 1. The number of anilines is 2. The van der Waals surface area contributed by atoms with Crippen LogP contribution in [0.15, 0.2) is 24.3 Å². The third-order valence-electron chi connectivity index (χ3n) is 3.31. The number of nitrogens with zero attached hydrogens (tertiary/aromatic N) is 2. The maximum Gasteiger partial charge on any atom is 0.276 e. The van der Waals surface area contributed by atoms with Gasteiger partial charge in [0.25, 0.3) is 5.91 Å². The molecule has 0 aliphatic rings. The fourth-order valence-corrected chi connectivity index (χ4v) is 2.08. The Kier molecular flexibility index (Phi) is 4.08. The van der Waals surface area contributed by atoms with Crippen LogP contribution < -0.4 is 11.1 Å². The van der Waals surface area contributed by atoms with Crippen molar-refractivity contribution < 1.29 is 4.79 Å². The van der Waals surface area contributed by atoms with Gasteiger partial charge in [0.1, 0.15) is 5.69 Å². The van der Waals surface area contributed by atoms with Gasteiger partial charge in [-0.1, -0.05) is 19.1 Å². The lowest BCUT2D eigenvalue weighted by Crippen LogP contribution is -2.18. The van der Waals surface area contributed by atoms with Gasteiger partial charge >= 0.3 is 0 Å². The first-order valence-corrected chi connectivity index (χ1v) is 6.80. The Morgan fingerprint density at radius 2 is 1.95 bits per heavy atom. The summed E-state index contributed by atoms with van der Waals surface area (Å²) in [6, 6.07) is 7.79. The summed E-state index contributed by atoms with van der Waals surface area (Å²) in [6.07, 6.45) is 0.975. The molecular formula is C15H20N4O. The fourth-order valence-electron chi connectivity index (χ4n) is 2.08. The van der Waals surface area contributed by atoms with Gasteiger partial charge in [0.05, 0.1) is 11.4 Å². The Morgan fingerprint density at radius 3 is 2.50 bits per heavy atom. The Labute approximate surface area is 118 Å². The zero-order valence-electron chi connectivity index (χ0n) is 12.1. The molecule has 106 valence electrons. The first kappa shape index (κ1) is 14.1. The van der Waals surface area contributed by atoms with Gasteiger partial charge in [-0.25, -0.2) is 0 Å². The molecule has 0 aliphatic heterocycles. The minimum absolute atomic E-state index is 0.228. The van der Waals surface area contributed by atoms with E-state index in [-0.39, 0.29) is 5.91 Å². The van der Waals surface area contributed by atoms with Crippen LogP contribution in [0.1, 0.15) is 35.6 Å². The number of nitrogen functional groups attached to an aromatic ring is 1. The fraction of sp³-hybridized carbons (Fsp3) is 0.333. The molecule has 1 heterocycles. The van der Waals surface area contributed by atoms with Gasteiger partial charge in [-0.3, -0.25) is 9.48 Å². The largest absolute Gasteiger partial charge is 0.395 e. The van der Waals surface area contributed by atoms with Crippen molar-refractivity contribution in [2.75, 3.05) is 11.1 Å². The van der Waals surface area contributed by atoms with E-state index in [0.29, 0.717) is 23.6 Å². The van der Waals surface area contributed by atoms with Crippen LogP contribution in [0.5, 0.6) is 0 Å². The van der Waals surface area contributed by atoms with E-state index < -0.39 is 0 Å². The molecule has 0 aliphatic carbocycles. The normalized spacial score (nSPS) is 10.6. The van der Waals surface area contributed by atoms with Gasteiger partial charge in [0.2, 0.25) is 0 Å². The minimum atomic E-state index is -0.228. The van der Waals surface area contributed by atoms with Crippen molar-refractivity contribution in [3.63, 3.8) is 0 Å². The van der Waals surface area contributed by atoms with E-state index in [0.717, 1.165) is 12.1 Å². The summed E-state index contributed by atoms with van der Waals surface area (Å²) in [7, 11) is 0. The van der Waals surface area contributed by atoms with Crippen LogP contribution in [0.2, 0.25) is 0 Å². The molecule has 0 unspecified atom stereocenters. The maximum absolute atomic E-state index is 12.3. The maximum atomic E-state index is 12.3. The van der Waals surface area contributed by atoms with Crippen LogP contribution in [0, 0.1) is 6.92 Å². The van der Waals surface area contributed by atoms with Gasteiger partial charge in [0, 0.05) is 12.2 Å². The molecule has 3 N–H and O–H groups in total. The minimum Gasteiger partial charge on any atom is -0.395 e. The van der Waals surface area contributed by atoms with E-state index in [1.54, 1.807) is 11.6 Å². The highest BCUT2D eigenvalue weighted by atomic mass is 16.2. The average Bonchev–Trinajstić information content (AvgIpc) is 2.75. The van der Waals surface area contributed by atoms with Crippen LogP contribution in [0.25, 0.3) is 0 Å². The highest BCUT2D eigenvalue weighted by molar-refractivity contribution is 6.06. The van der Waals surface area contributed by atoms with Crippen LogP contribution in [0.3, 0.4) is 0 Å². The molecule has 0 saturated heterocycles. The first-order chi connectivity index (χ1) is 9.56. The second kappa shape index (κ2) is 5.77. The number of nitrogens with two attached hydrogens (primary N) is 1. The molecule has 20 heavy (non-hydrogen) atoms. The summed E-state index contributed by atoms with van der Waals surface area (Å²) in [4.78, 5) is 12.3. The number of carbonyl (C=O) groups excluding carboxylic acids is 1. The van der Waals surface area contributed by atoms with Crippen molar-refractivity contribution in [3.05, 3.63) is 41.2 Å². The summed E-state index contributed by atoms with van der Waals surface area (Å²) in [5.41, 5.74) is 9.47. The summed E-state index contributed by atoms with van der Waals surface area (Å²) in [5, 5.41) is 7.11. The van der Waals surface area contributed by atoms with Crippen molar-refractivity contribution in [2.45, 2.75) is 33.7 Å². The molecule has 1 aromatic heterocycles. The second-order valence-corrected chi connectivity index (χ2v) is 4.67. The van der Waals surface area contributed by atoms with Crippen molar-refractivity contribution in [1.82, 2.24) is 9.78 Å². The van der Waals surface area contributed by atoms with Crippen molar-refractivity contribution in [1.29, 1.82) is 0 Å². The molecule has 1 amide bonds. The van der Waals surface area contributed by atoms with Gasteiger partial charge in [-0.2, -0.15) is 5.10 Å². The Hall–Kier alpha value is -2.30. The van der Waals surface area contributed by atoms with E-state index in [9.17, 15) is 4.79 Å². The van der Waals surface area contributed by atoms with Crippen molar-refractivity contribution in [2.24, 2.45) is 0 Å². The van der Waals surface area contributed by atoms with Gasteiger partial charge in [0.15, 0.2) is 0 Å². The van der Waals surface area contributed by atoms with Gasteiger partial charge in [-0.15, -0.1) is 0 Å². The van der Waals surface area contributed by atoms with Crippen molar-refractivity contribution >= 4 is 17.3 Å². The topological polar surface area (TPSA) is 72.9 Å². The molecule has 0 saturated carbocycles. The summed E-state index contributed by atoms with van der Waals surface area (Å²) in [5.74, 6) is -0.228. The van der Waals surface area contributed by atoms with E-state index in [1.165, 1.54) is 5.56 Å². The third kappa shape index (κ3) is 2.66. The SMILES string of the molecule is CCc1ccc(NC(=O)c2c(N)c(C)nn2CC)cc1. The van der Waals surface area contributed by atoms with Crippen LogP contribution in [-0.4, -0.2) is 15.7 Å². The molecule has 0 atom stereocenters. The van der Waals surface area contributed by atoms with Gasteiger partial charge in [-0.05, 0) is 38.0 Å². The lowest BCUT2D eigenvalue weighted by atomic mass is 10.1. The molecule has 0 fully saturated rings. The molecule has 1 aromatic carbocycles. The van der Waals surface area contributed by atoms with E-state index >= 15 is 0 Å². The summed E-state index contributed by atoms with van der Waals surface area (Å²) >= 11 is 0. The molecular weight excluding hydrogens is 252 g/mol. The van der Waals surface area contributed by atoms with E-state index in [4.69, 9.17) is 5.73 Å². The Morgan fingerprint density at radius 1 is 1.30 bits per heavy atom. The van der Waals surface area contributed by atoms with E-state index in [1.807, 2.05) is 31.2 Å². The Bertz CT molecular complexity index is 614. The highest BCUT2D eigenvalue weighted by Crippen LogP contribution is 2.18. The lowest BCUT2D eigenvalue weighted by Gasteiger charge is -2.08. The Balaban J connectivity index is 2.23. The standard InChI is InChI=1S/C15H20N4O/c1-4-11-6-8-12(9-7-11)17-15(20)14-13(16)10(3)18-19(14)5-2/h6-9H,4-5,16H2,1-3H3,(H,17,20). The highest BCUT2D eigenvalue weighted by Gasteiger charge is 2.19. The molecule has 5 heteroatoms. The third-order valence-corrected chi connectivity index (χ3v) is 3.31. The number of hydrogen-bond acceptors (Lipinski definition) is 3. The number of hydrogen-bond donors (Lipinski definition) is 2. The van der Waals surface area contributed by atoms with Gasteiger partial charge < -0.3 is 11.1 Å². The second-order valence-electron chi connectivity index (χ2n) is 4.67. The zero-order valence-corrected chi connectivity index (χ0v) is 12.1. The first-order valence-electron chi connectivity index (χ1n) is 6.80. The quantitative estimate of drug-likeness (QED) is 0.898. The predicted molar refractivity (Wildman–Crippen MR) is 80.8 cm³/mol. The molecule has 0 bridgehead atoms. The smallest absolute Gasteiger partial charge is 0.276 e. The number of benzene rings is 1. The predicted octanol–water partition coefficient (Wildman–Crippen LogP) is 2.61. The number of carbonyl (C=O) groups is 1. The number of amides is 1. The molecule has 5 nitrogen and oxygen atoms in total. The number of rotatable bonds is 4. The van der Waals surface area contributed by atoms with Crippen molar-refractivity contribution in [3.8, 4) is 0 Å². The summed E-state index contributed by atoms with van der Waals surface area (Å²) in [6.45, 7) is 6.43. The average molecular weight is 272 g/mol.